The number of hydrogen-bond donors (Lipinski definition) is 0. The van der Waals surface area contributed by atoms with Crippen LogP contribution in [0.4, 0.5) is 192 Å². The molecule has 0 saturated heterocycles. The molecule has 100 heavy (non-hydrogen) atoms. The average molecular weight is 1470 g/mol. The zero-order valence-electron chi connectivity index (χ0n) is 47.0. The fraction of sp³-hybridized carbons (Fsp3) is 0.0323. The molecule has 2 nitrogen and oxygen atoms in total. The Labute approximate surface area is 527 Å². The normalized spacial score (nSPS) is 11.7. The Balaban J connectivity index is 1.23. The Morgan fingerprint density at radius 3 is 0.410 bits per heavy atom. The van der Waals surface area contributed by atoms with Gasteiger partial charge in [-0.15, -0.1) is 0 Å². The summed E-state index contributed by atoms with van der Waals surface area (Å²) in [5, 5.41) is 0. The van der Waals surface area contributed by atoms with Crippen LogP contribution in [0.3, 0.4) is 0 Å². The van der Waals surface area contributed by atoms with Crippen molar-refractivity contribution in [3.63, 3.8) is 0 Å². The Bertz CT molecular complexity index is 4490. The van der Waals surface area contributed by atoms with Crippen LogP contribution in [-0.2, 0) is 0 Å². The summed E-state index contributed by atoms with van der Waals surface area (Å²) in [6.07, 6.45) is 0. The highest BCUT2D eigenvalue weighted by Crippen LogP contribution is 2.53. The molecule has 0 aliphatic heterocycles. The Hall–Kier alpha value is -10.7. The van der Waals surface area contributed by atoms with Gasteiger partial charge in [0.25, 0.3) is 0 Å². The van der Waals surface area contributed by atoms with Crippen molar-refractivity contribution < 1.29 is 158 Å². The van der Waals surface area contributed by atoms with E-state index in [4.69, 9.17) is 0 Å². The minimum Gasteiger partial charge on any atom is -0.299 e. The molecule has 10 aromatic rings. The van der Waals surface area contributed by atoms with Crippen molar-refractivity contribution in [2.24, 2.45) is 0 Å². The van der Waals surface area contributed by atoms with Crippen molar-refractivity contribution in [1.82, 2.24) is 0 Å². The molecule has 0 aliphatic rings. The molecule has 38 heteroatoms. The third kappa shape index (κ3) is 10.3. The van der Waals surface area contributed by atoms with Gasteiger partial charge in [-0.1, -0.05) is 12.1 Å². The third-order valence-electron chi connectivity index (χ3n) is 14.9. The topological polar surface area (TPSA) is 6.48 Å². The van der Waals surface area contributed by atoms with Crippen LogP contribution in [-0.4, -0.2) is 0 Å². The first-order chi connectivity index (χ1) is 46.5. The van der Waals surface area contributed by atoms with Crippen LogP contribution in [0.2, 0.25) is 0 Å². The van der Waals surface area contributed by atoms with Gasteiger partial charge >= 0.3 is 0 Å². The molecule has 0 unspecified atom stereocenters. The minimum absolute atomic E-state index is 0.157. The first-order valence-electron chi connectivity index (χ1n) is 25.9. The van der Waals surface area contributed by atoms with E-state index in [1.807, 2.05) is 0 Å². The van der Waals surface area contributed by atoms with Gasteiger partial charge in [-0.2, -0.15) is 0 Å². The summed E-state index contributed by atoms with van der Waals surface area (Å²) < 4.78 is 554. The van der Waals surface area contributed by atoms with Crippen molar-refractivity contribution in [1.29, 1.82) is 0 Å². The summed E-state index contributed by atoms with van der Waals surface area (Å²) in [5.41, 5.74) is -41.0. The number of rotatable bonds is 11. The summed E-state index contributed by atoms with van der Waals surface area (Å²) in [4.78, 5) is -2.03. The van der Waals surface area contributed by atoms with E-state index >= 15 is 105 Å². The van der Waals surface area contributed by atoms with Crippen molar-refractivity contribution in [3.8, 4) is 55.6 Å². The maximum Gasteiger partial charge on any atom is 0.200 e. The van der Waals surface area contributed by atoms with Gasteiger partial charge in [-0.25, -0.2) is 158 Å². The Morgan fingerprint density at radius 1 is 0.160 bits per heavy atom. The highest BCUT2D eigenvalue weighted by atomic mass is 19.2. The van der Waals surface area contributed by atoms with Crippen LogP contribution in [0.1, 0.15) is 11.1 Å². The van der Waals surface area contributed by atoms with Crippen LogP contribution in [0, 0.1) is 223 Å². The molecule has 10 rings (SSSR count). The van der Waals surface area contributed by atoms with Crippen LogP contribution in [0.5, 0.6) is 0 Å². The van der Waals surface area contributed by atoms with Gasteiger partial charge in [-0.05, 0) is 60.4 Å². The Morgan fingerprint density at radius 2 is 0.280 bits per heavy atom. The van der Waals surface area contributed by atoms with Gasteiger partial charge in [0.1, 0.15) is 22.7 Å². The molecular formula is C62H12F36N2. The predicted molar refractivity (Wildman–Crippen MR) is 271 cm³/mol. The lowest BCUT2D eigenvalue weighted by molar-refractivity contribution is 0.379. The first-order valence-corrected chi connectivity index (χ1v) is 25.9. The number of nitrogens with zero attached hydrogens (tertiary/aromatic N) is 2. The van der Waals surface area contributed by atoms with E-state index in [-0.39, 0.29) is 12.1 Å². The molecule has 0 aromatic heterocycles. The fourth-order valence-corrected chi connectivity index (χ4v) is 10.3. The Kier molecular flexibility index (Phi) is 18.2. The van der Waals surface area contributed by atoms with Gasteiger partial charge in [0.15, 0.2) is 186 Å². The molecule has 0 spiro atoms. The molecule has 0 heterocycles. The molecule has 10 aromatic carbocycles. The highest BCUT2D eigenvalue weighted by Gasteiger charge is 2.45. The standard InChI is InChI=1S/C62H12F36N2/c1-9-7-11(3-5-13(9)99(59-51(91)31(71)19(32(72)52(59)92)15-23(63)39(79)47(87)40(80)24(15)64)60-53(93)33(73)20(34(74)54(60)94)16-25(65)41(81)48(88)42(82)26(16)66)12-4-6-14(10(2)8-12)100(61-55(95)35(75)21(36(76)56(61)96)17-27(67)43(83)49(89)44(84)28(17)68)62-57(97)37(77)22(38(78)58(62)98)18-29(69)45(85)50(90)46(86)30(18)70/h3-8H,1-2H3. The van der Waals surface area contributed by atoms with Crippen LogP contribution >= 0.6 is 0 Å². The minimum atomic E-state index is -3.34. The van der Waals surface area contributed by atoms with E-state index in [1.165, 1.54) is 0 Å². The summed E-state index contributed by atoms with van der Waals surface area (Å²) in [7, 11) is 0. The molecule has 0 N–H and O–H groups in total. The van der Waals surface area contributed by atoms with Gasteiger partial charge < -0.3 is 0 Å². The van der Waals surface area contributed by atoms with Crippen molar-refractivity contribution in [3.05, 3.63) is 257 Å². The number of anilines is 6. The second-order valence-electron chi connectivity index (χ2n) is 20.4. The lowest BCUT2D eigenvalue weighted by Crippen LogP contribution is -2.22. The number of aryl methyl sites for hydroxylation is 2. The molecule has 0 aliphatic carbocycles. The molecule has 0 atom stereocenters. The van der Waals surface area contributed by atoms with E-state index in [1.54, 1.807) is 0 Å². The lowest BCUT2D eigenvalue weighted by Gasteiger charge is -2.30. The lowest BCUT2D eigenvalue weighted by atomic mass is 9.96. The fourth-order valence-electron chi connectivity index (χ4n) is 10.3. The molecule has 0 saturated carbocycles. The van der Waals surface area contributed by atoms with E-state index in [0.717, 1.165) is 0 Å². The largest absolute Gasteiger partial charge is 0.299 e. The number of hydrogen-bond acceptors (Lipinski definition) is 2. The number of halogens is 36. The second kappa shape index (κ2) is 25.2. The molecule has 0 radical (unpaired) electrons. The zero-order valence-corrected chi connectivity index (χ0v) is 47.0. The zero-order chi connectivity index (χ0) is 74.6. The van der Waals surface area contributed by atoms with Gasteiger partial charge in [-0.3, -0.25) is 9.80 Å². The quantitative estimate of drug-likeness (QED) is 0.0723. The maximum atomic E-state index is 16.7. The molecule has 0 bridgehead atoms. The predicted octanol–water partition coefficient (Wildman–Crippen LogP) is 22.6. The van der Waals surface area contributed by atoms with E-state index < -0.39 is 320 Å². The summed E-state index contributed by atoms with van der Waals surface area (Å²) in [5.74, 6) is -116. The average Bonchev–Trinajstić information content (AvgIpc) is 0.727. The first kappa shape index (κ1) is 72.0. The maximum absolute atomic E-state index is 16.7. The smallest absolute Gasteiger partial charge is 0.200 e. The molecule has 0 amide bonds. The SMILES string of the molecule is Cc1cc(-c2ccc(N(c3c(F)c(F)c(-c4c(F)c(F)c(F)c(F)c4F)c(F)c3F)c3c(F)c(F)c(-c4c(F)c(F)c(F)c(F)c4F)c(F)c3F)c(C)c2)ccc1N(c1c(F)c(F)c(-c2c(F)c(F)c(F)c(F)c2F)c(F)c1F)c1c(F)c(F)c(-c2c(F)c(F)c(F)c(F)c2F)c(F)c1F. The second-order valence-corrected chi connectivity index (χ2v) is 20.4. The van der Waals surface area contributed by atoms with Gasteiger partial charge in [0, 0.05) is 11.4 Å². The van der Waals surface area contributed by atoms with Crippen molar-refractivity contribution >= 4 is 34.1 Å². The molecule has 522 valence electrons. The number of benzene rings is 10. The third-order valence-corrected chi connectivity index (χ3v) is 14.9. The summed E-state index contributed by atoms with van der Waals surface area (Å²) >= 11 is 0. The summed E-state index contributed by atoms with van der Waals surface area (Å²) in [6, 6.07) is 2.01. The highest BCUT2D eigenvalue weighted by molar-refractivity contribution is 5.88. The van der Waals surface area contributed by atoms with E-state index in [0.29, 0.717) is 38.1 Å². The van der Waals surface area contributed by atoms with E-state index in [2.05, 4.69) is 0 Å². The van der Waals surface area contributed by atoms with Gasteiger partial charge in [0.05, 0.1) is 44.5 Å². The van der Waals surface area contributed by atoms with Crippen molar-refractivity contribution in [2.45, 2.75) is 13.8 Å². The van der Waals surface area contributed by atoms with E-state index in [9.17, 15) is 52.7 Å². The monoisotopic (exact) mass is 1470 g/mol. The van der Waals surface area contributed by atoms with Crippen molar-refractivity contribution in [2.75, 3.05) is 9.80 Å². The summed E-state index contributed by atoms with van der Waals surface area (Å²) in [6.45, 7) is 1.06. The van der Waals surface area contributed by atoms with Crippen LogP contribution in [0.15, 0.2) is 36.4 Å². The van der Waals surface area contributed by atoms with Crippen LogP contribution < -0.4 is 9.80 Å². The van der Waals surface area contributed by atoms with Crippen LogP contribution in [0.25, 0.3) is 55.6 Å². The molecular weight excluding hydrogens is 1460 g/mol. The molecule has 0 fully saturated rings. The van der Waals surface area contributed by atoms with Gasteiger partial charge in [0.2, 0.25) is 23.3 Å².